The number of benzene rings is 3. The lowest BCUT2D eigenvalue weighted by Gasteiger charge is -2.11. The van der Waals surface area contributed by atoms with E-state index in [4.69, 9.17) is 0 Å². The summed E-state index contributed by atoms with van der Waals surface area (Å²) in [4.78, 5) is 0. The Balaban J connectivity index is 0.000000850. The average Bonchev–Trinajstić information content (AvgIpc) is 2.94. The fourth-order valence-electron chi connectivity index (χ4n) is 3.57. The maximum atomic E-state index is 3.33. The second-order valence-corrected chi connectivity index (χ2v) is 8.27. The molecule has 0 unspecified atom stereocenters. The quantitative estimate of drug-likeness (QED) is 0.247. The van der Waals surface area contributed by atoms with E-state index in [1.165, 1.54) is 39.8 Å². The lowest BCUT2D eigenvalue weighted by atomic mass is 9.94. The molecule has 0 atom stereocenters. The van der Waals surface area contributed by atoms with Gasteiger partial charge in [0, 0.05) is 5.57 Å². The minimum atomic E-state index is 0.960. The second kappa shape index (κ2) is 16.7. The van der Waals surface area contributed by atoms with Crippen molar-refractivity contribution in [3.63, 3.8) is 0 Å². The Kier molecular flexibility index (Phi) is 13.2. The molecule has 0 heteroatoms. The molecule has 1 aliphatic rings. The van der Waals surface area contributed by atoms with Crippen LogP contribution in [0.1, 0.15) is 73.9 Å². The van der Waals surface area contributed by atoms with Gasteiger partial charge in [0.05, 0.1) is 0 Å². The topological polar surface area (TPSA) is 0 Å². The summed E-state index contributed by atoms with van der Waals surface area (Å²) in [5.74, 6) is 0. The van der Waals surface area contributed by atoms with Gasteiger partial charge in [-0.3, -0.25) is 0 Å². The summed E-state index contributed by atoms with van der Waals surface area (Å²) >= 11 is 0. The highest BCUT2D eigenvalue weighted by molar-refractivity contribution is 5.85. The van der Waals surface area contributed by atoms with Crippen LogP contribution in [0, 0.1) is 6.92 Å². The van der Waals surface area contributed by atoms with Crippen molar-refractivity contribution in [1.82, 2.24) is 0 Å². The molecule has 4 rings (SSSR count). The van der Waals surface area contributed by atoms with Crippen LogP contribution in [0.25, 0.3) is 30.4 Å². The Bertz CT molecular complexity index is 1230. The van der Waals surface area contributed by atoms with Gasteiger partial charge in [-0.05, 0) is 58.9 Å². The fourth-order valence-corrected chi connectivity index (χ4v) is 3.57. The zero-order valence-corrected chi connectivity index (χ0v) is 22.5. The maximum absolute atomic E-state index is 3.33. The minimum Gasteiger partial charge on any atom is -0.117 e. The van der Waals surface area contributed by atoms with E-state index < -0.39 is 0 Å². The van der Waals surface area contributed by atoms with E-state index in [1.807, 2.05) is 26.0 Å². The molecule has 0 radical (unpaired) electrons. The standard InChI is InChI=1S/C31H26.C3H8.C2H6/c1-25-17-21-29(22-18-26-11-5-2-6-12-26)31(24-20-28-15-9-4-10-16-28)30(25)23-19-27-13-7-3-8-14-27;1-3-2;1-2/h3-11,13-24H,2H2,1H3;3H2,1-2H3;1-2H3/b22-18+,23-19+,24-20+;;. The van der Waals surface area contributed by atoms with Gasteiger partial charge in [0.25, 0.3) is 0 Å². The average molecular weight is 473 g/mol. The number of hydrogen-bond acceptors (Lipinski definition) is 0. The lowest BCUT2D eigenvalue weighted by molar-refractivity contribution is 1.09. The van der Waals surface area contributed by atoms with Gasteiger partial charge < -0.3 is 0 Å². The first kappa shape index (κ1) is 28.4. The maximum Gasteiger partial charge on any atom is 0.0158 e. The van der Waals surface area contributed by atoms with Gasteiger partial charge in [-0.25, -0.2) is 0 Å². The number of aryl methyl sites for hydroxylation is 1. The molecule has 0 amide bonds. The Morgan fingerprint density at radius 3 is 1.75 bits per heavy atom. The smallest absolute Gasteiger partial charge is 0.0158 e. The molecule has 0 N–H and O–H groups in total. The molecule has 3 aromatic rings. The van der Waals surface area contributed by atoms with E-state index in [1.54, 1.807) is 0 Å². The van der Waals surface area contributed by atoms with Crippen molar-refractivity contribution in [2.45, 2.75) is 47.5 Å². The van der Waals surface area contributed by atoms with Crippen LogP contribution in [0.5, 0.6) is 0 Å². The van der Waals surface area contributed by atoms with Crippen molar-refractivity contribution >= 4 is 30.4 Å². The molecule has 0 heterocycles. The predicted molar refractivity (Wildman–Crippen MR) is 164 cm³/mol. The van der Waals surface area contributed by atoms with Crippen LogP contribution < -0.4 is 0 Å². The summed E-state index contributed by atoms with van der Waals surface area (Å²) in [6.45, 7) is 10.4. The molecule has 1 aliphatic carbocycles. The third-order valence-electron chi connectivity index (χ3n) is 5.29. The normalized spacial score (nSPS) is 12.3. The van der Waals surface area contributed by atoms with Crippen LogP contribution in [-0.4, -0.2) is 0 Å². The molecule has 184 valence electrons. The molecular formula is C36H40. The van der Waals surface area contributed by atoms with Crippen LogP contribution in [0.4, 0.5) is 0 Å². The van der Waals surface area contributed by atoms with Crippen molar-refractivity contribution in [2.75, 3.05) is 0 Å². The minimum absolute atomic E-state index is 0.960. The zero-order valence-electron chi connectivity index (χ0n) is 22.5. The highest BCUT2D eigenvalue weighted by atomic mass is 14.1. The van der Waals surface area contributed by atoms with Gasteiger partial charge in [-0.15, -0.1) is 5.73 Å². The van der Waals surface area contributed by atoms with Crippen molar-refractivity contribution in [3.05, 3.63) is 142 Å². The third kappa shape index (κ3) is 9.41. The van der Waals surface area contributed by atoms with Crippen molar-refractivity contribution in [3.8, 4) is 0 Å². The largest absolute Gasteiger partial charge is 0.117 e. The zero-order chi connectivity index (χ0) is 26.0. The van der Waals surface area contributed by atoms with Gasteiger partial charge in [0.1, 0.15) is 0 Å². The summed E-state index contributed by atoms with van der Waals surface area (Å²) in [6, 6.07) is 25.3. The van der Waals surface area contributed by atoms with Crippen LogP contribution in [-0.2, 0) is 0 Å². The summed E-state index contributed by atoms with van der Waals surface area (Å²) in [5.41, 5.74) is 11.7. The second-order valence-electron chi connectivity index (χ2n) is 8.27. The SMILES string of the molecule is CC.CCC.Cc1ccc(/C=C/C2=C=CCC=C2)c(/C=C/c2ccccc2)c1/C=C/c1ccccc1. The Morgan fingerprint density at radius 1 is 0.667 bits per heavy atom. The first-order valence-electron chi connectivity index (χ1n) is 13.1. The van der Waals surface area contributed by atoms with Crippen LogP contribution >= 0.6 is 0 Å². The molecule has 0 aromatic heterocycles. The monoisotopic (exact) mass is 472 g/mol. The van der Waals surface area contributed by atoms with E-state index in [-0.39, 0.29) is 0 Å². The van der Waals surface area contributed by atoms with Gasteiger partial charge in [0.2, 0.25) is 0 Å². The Labute approximate surface area is 219 Å². The molecule has 36 heavy (non-hydrogen) atoms. The van der Waals surface area contributed by atoms with Gasteiger partial charge in [-0.2, -0.15) is 0 Å². The van der Waals surface area contributed by atoms with Crippen molar-refractivity contribution < 1.29 is 0 Å². The summed E-state index contributed by atoms with van der Waals surface area (Å²) in [6.07, 6.45) is 21.7. The molecule has 0 fully saturated rings. The highest BCUT2D eigenvalue weighted by Crippen LogP contribution is 2.26. The predicted octanol–water partition coefficient (Wildman–Crippen LogP) is 10.8. The van der Waals surface area contributed by atoms with Crippen LogP contribution in [0.3, 0.4) is 0 Å². The van der Waals surface area contributed by atoms with Crippen LogP contribution in [0.2, 0.25) is 0 Å². The van der Waals surface area contributed by atoms with Crippen molar-refractivity contribution in [2.24, 2.45) is 0 Å². The van der Waals surface area contributed by atoms with E-state index >= 15 is 0 Å². The summed E-state index contributed by atoms with van der Waals surface area (Å²) < 4.78 is 0. The molecule has 0 saturated heterocycles. The number of hydrogen-bond donors (Lipinski definition) is 0. The molecule has 0 saturated carbocycles. The first-order valence-corrected chi connectivity index (χ1v) is 13.1. The van der Waals surface area contributed by atoms with Crippen LogP contribution in [0.15, 0.2) is 108 Å². The van der Waals surface area contributed by atoms with Crippen molar-refractivity contribution in [1.29, 1.82) is 0 Å². The summed E-state index contributed by atoms with van der Waals surface area (Å²) in [7, 11) is 0. The number of rotatable bonds is 6. The van der Waals surface area contributed by atoms with Gasteiger partial charge in [-0.1, -0.05) is 149 Å². The number of allylic oxidation sites excluding steroid dienone is 4. The van der Waals surface area contributed by atoms with Gasteiger partial charge >= 0.3 is 0 Å². The third-order valence-corrected chi connectivity index (χ3v) is 5.29. The fraction of sp³-hybridized carbons (Fsp3) is 0.194. The first-order chi connectivity index (χ1) is 17.7. The van der Waals surface area contributed by atoms with E-state index in [0.717, 1.165) is 12.0 Å². The molecular weight excluding hydrogens is 432 g/mol. The van der Waals surface area contributed by atoms with Gasteiger partial charge in [0.15, 0.2) is 0 Å². The molecule has 0 bridgehead atoms. The Morgan fingerprint density at radius 2 is 1.22 bits per heavy atom. The van der Waals surface area contributed by atoms with E-state index in [2.05, 4.69) is 142 Å². The van der Waals surface area contributed by atoms with E-state index in [0.29, 0.717) is 0 Å². The van der Waals surface area contributed by atoms with E-state index in [9.17, 15) is 0 Å². The molecule has 3 aromatic carbocycles. The molecule has 0 aliphatic heterocycles. The molecule has 0 nitrogen and oxygen atoms in total. The highest BCUT2D eigenvalue weighted by Gasteiger charge is 2.06. The molecule has 0 spiro atoms. The Hall–Kier alpha value is -3.86. The summed E-state index contributed by atoms with van der Waals surface area (Å²) in [5, 5.41) is 0. The lowest BCUT2D eigenvalue weighted by Crippen LogP contribution is -1.91.